The van der Waals surface area contributed by atoms with Crippen molar-refractivity contribution >= 4 is 29.7 Å². The normalized spacial score (nSPS) is 13.0. The number of carboxylic acid groups (broad SMARTS) is 1. The van der Waals surface area contributed by atoms with Crippen LogP contribution in [0.15, 0.2) is 48.5 Å². The van der Waals surface area contributed by atoms with Crippen molar-refractivity contribution in [3.63, 3.8) is 0 Å². The maximum Gasteiger partial charge on any atom is 0.407 e. The first-order chi connectivity index (χ1) is 16.9. The number of nitrogens with zero attached hydrogens (tertiary/aromatic N) is 1. The van der Waals surface area contributed by atoms with Crippen molar-refractivity contribution in [2.75, 3.05) is 31.7 Å². The molecule has 188 valence electrons. The van der Waals surface area contributed by atoms with Crippen molar-refractivity contribution < 1.29 is 24.2 Å². The molecule has 0 fully saturated rings. The Morgan fingerprint density at radius 3 is 2.29 bits per heavy atom. The molecule has 3 rings (SSSR count). The standard InChI is InChI=1S/C27H34N2O5S/c1-3-4-9-19(16-25(30)29(14-15-35-2)17-26(31)32)28-27(33)34-18-24-22-12-7-5-10-20(22)21-11-6-8-13-23(21)24/h5-8,10-13,19,24H,3-4,9,14-18H2,1-2H3,(H,28,33)(H,31,32)/t19-/m0/s1. The third-order valence-corrected chi connectivity index (χ3v) is 6.83. The summed E-state index contributed by atoms with van der Waals surface area (Å²) < 4.78 is 5.65. The number of alkyl carbamates (subject to hydrolysis) is 1. The van der Waals surface area contributed by atoms with E-state index in [9.17, 15) is 19.5 Å². The molecule has 35 heavy (non-hydrogen) atoms. The van der Waals surface area contributed by atoms with Crippen molar-refractivity contribution in [2.24, 2.45) is 0 Å². The highest BCUT2D eigenvalue weighted by Gasteiger charge is 2.29. The molecule has 0 heterocycles. The molecule has 2 amide bonds. The molecular weight excluding hydrogens is 464 g/mol. The molecule has 2 N–H and O–H groups in total. The van der Waals surface area contributed by atoms with Gasteiger partial charge in [0, 0.05) is 30.7 Å². The molecule has 8 heteroatoms. The van der Waals surface area contributed by atoms with Crippen LogP contribution < -0.4 is 5.32 Å². The van der Waals surface area contributed by atoms with Gasteiger partial charge in [-0.15, -0.1) is 0 Å². The smallest absolute Gasteiger partial charge is 0.407 e. The molecule has 0 spiro atoms. The van der Waals surface area contributed by atoms with Gasteiger partial charge in [-0.25, -0.2) is 4.79 Å². The van der Waals surface area contributed by atoms with E-state index >= 15 is 0 Å². The van der Waals surface area contributed by atoms with E-state index in [4.69, 9.17) is 4.74 Å². The van der Waals surface area contributed by atoms with Gasteiger partial charge < -0.3 is 20.1 Å². The zero-order valence-corrected chi connectivity index (χ0v) is 21.2. The number of carbonyl (C=O) groups is 3. The molecule has 0 unspecified atom stereocenters. The predicted octanol–water partition coefficient (Wildman–Crippen LogP) is 4.75. The molecule has 0 bridgehead atoms. The van der Waals surface area contributed by atoms with Crippen molar-refractivity contribution in [2.45, 2.75) is 44.6 Å². The maximum atomic E-state index is 12.8. The number of amides is 2. The molecule has 2 aromatic rings. The monoisotopic (exact) mass is 498 g/mol. The number of unbranched alkanes of at least 4 members (excludes halogenated alkanes) is 1. The fraction of sp³-hybridized carbons (Fsp3) is 0.444. The minimum atomic E-state index is -1.05. The number of hydrogen-bond donors (Lipinski definition) is 2. The SMILES string of the molecule is CCCC[C@@H](CC(=O)N(CCSC)CC(=O)O)NC(=O)OCC1c2ccccc2-c2ccccc21. The minimum Gasteiger partial charge on any atom is -0.480 e. The summed E-state index contributed by atoms with van der Waals surface area (Å²) in [5.41, 5.74) is 4.59. The van der Waals surface area contributed by atoms with Crippen LogP contribution in [0.3, 0.4) is 0 Å². The van der Waals surface area contributed by atoms with Gasteiger partial charge in [-0.3, -0.25) is 9.59 Å². The second-order valence-corrected chi connectivity index (χ2v) is 9.70. The number of nitrogens with one attached hydrogen (secondary N) is 1. The first-order valence-corrected chi connectivity index (χ1v) is 13.4. The molecule has 0 aromatic heterocycles. The average molecular weight is 499 g/mol. The topological polar surface area (TPSA) is 95.9 Å². The second-order valence-electron chi connectivity index (χ2n) is 8.71. The number of benzene rings is 2. The van der Waals surface area contributed by atoms with Gasteiger partial charge in [0.05, 0.1) is 0 Å². The summed E-state index contributed by atoms with van der Waals surface area (Å²) in [6, 6.07) is 15.9. The van der Waals surface area contributed by atoms with Crippen LogP contribution in [0.1, 0.15) is 49.7 Å². The number of thioether (sulfide) groups is 1. The van der Waals surface area contributed by atoms with Crippen LogP contribution in [0.5, 0.6) is 0 Å². The van der Waals surface area contributed by atoms with E-state index in [1.807, 2.05) is 37.4 Å². The van der Waals surface area contributed by atoms with E-state index in [1.54, 1.807) is 11.8 Å². The predicted molar refractivity (Wildman–Crippen MR) is 139 cm³/mol. The van der Waals surface area contributed by atoms with Crippen LogP contribution in [0.2, 0.25) is 0 Å². The Labute approximate surface area is 211 Å². The number of fused-ring (bicyclic) bond motifs is 3. The molecule has 7 nitrogen and oxygen atoms in total. The van der Waals surface area contributed by atoms with Gasteiger partial charge in [0.1, 0.15) is 13.2 Å². The fourth-order valence-corrected chi connectivity index (χ4v) is 4.88. The Kier molecular flexibility index (Phi) is 10.0. The summed E-state index contributed by atoms with van der Waals surface area (Å²) in [5.74, 6) is -0.713. The summed E-state index contributed by atoms with van der Waals surface area (Å²) in [4.78, 5) is 38.1. The molecule has 1 atom stereocenters. The van der Waals surface area contributed by atoms with Gasteiger partial charge in [0.25, 0.3) is 0 Å². The van der Waals surface area contributed by atoms with Gasteiger partial charge >= 0.3 is 12.1 Å². The molecule has 1 aliphatic rings. The molecule has 0 saturated heterocycles. The van der Waals surface area contributed by atoms with E-state index in [1.165, 1.54) is 4.90 Å². The summed E-state index contributed by atoms with van der Waals surface area (Å²) in [5, 5.41) is 12.0. The third-order valence-electron chi connectivity index (χ3n) is 6.24. The average Bonchev–Trinajstić information content (AvgIpc) is 3.17. The van der Waals surface area contributed by atoms with Gasteiger partial charge in [0.2, 0.25) is 5.91 Å². The first-order valence-electron chi connectivity index (χ1n) is 12.0. The zero-order chi connectivity index (χ0) is 25.2. The minimum absolute atomic E-state index is 0.0403. The van der Waals surface area contributed by atoms with Crippen molar-refractivity contribution in [1.29, 1.82) is 0 Å². The van der Waals surface area contributed by atoms with E-state index in [0.717, 1.165) is 35.1 Å². The van der Waals surface area contributed by atoms with Crippen molar-refractivity contribution in [3.8, 4) is 11.1 Å². The summed E-state index contributed by atoms with van der Waals surface area (Å²) in [6.07, 6.45) is 3.77. The number of hydrogen-bond acceptors (Lipinski definition) is 5. The zero-order valence-electron chi connectivity index (χ0n) is 20.4. The Balaban J connectivity index is 1.62. The van der Waals surface area contributed by atoms with Crippen molar-refractivity contribution in [3.05, 3.63) is 59.7 Å². The lowest BCUT2D eigenvalue weighted by Gasteiger charge is -2.24. The highest BCUT2D eigenvalue weighted by atomic mass is 32.2. The Hall–Kier alpha value is -3.00. The first kappa shape index (κ1) is 26.6. The van der Waals surface area contributed by atoms with E-state index in [0.29, 0.717) is 18.7 Å². The Morgan fingerprint density at radius 2 is 1.71 bits per heavy atom. The van der Waals surface area contributed by atoms with Gasteiger partial charge in [-0.2, -0.15) is 11.8 Å². The quantitative estimate of drug-likeness (QED) is 0.414. The van der Waals surface area contributed by atoms with Crippen LogP contribution in [0, 0.1) is 0 Å². The van der Waals surface area contributed by atoms with Crippen LogP contribution >= 0.6 is 11.8 Å². The summed E-state index contributed by atoms with van der Waals surface area (Å²) >= 11 is 1.55. The lowest BCUT2D eigenvalue weighted by atomic mass is 9.98. The molecule has 0 saturated carbocycles. The Bertz CT molecular complexity index is 983. The molecule has 2 aromatic carbocycles. The van der Waals surface area contributed by atoms with E-state index < -0.39 is 18.1 Å². The van der Waals surface area contributed by atoms with E-state index in [-0.39, 0.29) is 31.4 Å². The van der Waals surface area contributed by atoms with Crippen LogP contribution in [-0.2, 0) is 14.3 Å². The van der Waals surface area contributed by atoms with Crippen LogP contribution in [0.25, 0.3) is 11.1 Å². The molecule has 0 radical (unpaired) electrons. The van der Waals surface area contributed by atoms with Gasteiger partial charge in [-0.1, -0.05) is 68.3 Å². The Morgan fingerprint density at radius 1 is 1.09 bits per heavy atom. The fourth-order valence-electron chi connectivity index (χ4n) is 4.48. The third kappa shape index (κ3) is 7.24. The second kappa shape index (κ2) is 13.2. The highest BCUT2D eigenvalue weighted by Crippen LogP contribution is 2.44. The maximum absolute atomic E-state index is 12.8. The molecule has 1 aliphatic carbocycles. The highest BCUT2D eigenvalue weighted by molar-refractivity contribution is 7.98. The molecular formula is C27H34N2O5S. The largest absolute Gasteiger partial charge is 0.480 e. The van der Waals surface area contributed by atoms with E-state index in [2.05, 4.69) is 29.6 Å². The lowest BCUT2D eigenvalue weighted by Crippen LogP contribution is -2.43. The number of rotatable bonds is 13. The number of aliphatic carboxylic acids is 1. The lowest BCUT2D eigenvalue weighted by molar-refractivity contribution is -0.144. The number of carboxylic acids is 1. The van der Waals surface area contributed by atoms with Crippen LogP contribution in [-0.4, -0.2) is 65.7 Å². The van der Waals surface area contributed by atoms with Crippen molar-refractivity contribution in [1.82, 2.24) is 10.2 Å². The van der Waals surface area contributed by atoms with Gasteiger partial charge in [0.15, 0.2) is 0 Å². The number of ether oxygens (including phenoxy) is 1. The summed E-state index contributed by atoms with van der Waals surface area (Å²) in [6.45, 7) is 2.26. The number of carbonyl (C=O) groups excluding carboxylic acids is 2. The van der Waals surface area contributed by atoms with Crippen LogP contribution in [0.4, 0.5) is 4.79 Å². The molecule has 0 aliphatic heterocycles. The van der Waals surface area contributed by atoms with Gasteiger partial charge in [-0.05, 0) is 34.9 Å². The summed E-state index contributed by atoms with van der Waals surface area (Å²) in [7, 11) is 0.